The number of imidazole rings is 1. The molecule has 3 heterocycles. The van der Waals surface area contributed by atoms with Crippen LogP contribution in [0.4, 0.5) is 10.2 Å². The predicted molar refractivity (Wildman–Crippen MR) is 97.3 cm³/mol. The topological polar surface area (TPSA) is 62.5 Å². The van der Waals surface area contributed by atoms with Crippen LogP contribution >= 0.6 is 0 Å². The molecule has 1 aromatic carbocycles. The Morgan fingerprint density at radius 3 is 2.58 bits per heavy atom. The fraction of sp³-hybridized carbons (Fsp3) is 0.316. The summed E-state index contributed by atoms with van der Waals surface area (Å²) in [6.45, 7) is 3.78. The van der Waals surface area contributed by atoms with Crippen molar-refractivity contribution in [1.82, 2.24) is 19.9 Å². The third-order valence-electron chi connectivity index (χ3n) is 4.61. The van der Waals surface area contributed by atoms with E-state index in [1.807, 2.05) is 12.1 Å². The second-order valence-corrected chi connectivity index (χ2v) is 6.48. The Hall–Kier alpha value is -2.96. The number of hydrogen-bond acceptors (Lipinski definition) is 4. The molecule has 0 spiro atoms. The summed E-state index contributed by atoms with van der Waals surface area (Å²) >= 11 is 0. The number of rotatable bonds is 4. The van der Waals surface area contributed by atoms with Gasteiger partial charge in [-0.25, -0.2) is 13.9 Å². The van der Waals surface area contributed by atoms with Gasteiger partial charge in [-0.2, -0.15) is 0 Å². The first-order chi connectivity index (χ1) is 12.6. The summed E-state index contributed by atoms with van der Waals surface area (Å²) in [7, 11) is 0. The number of aromatic nitrogens is 3. The third kappa shape index (κ3) is 3.12. The van der Waals surface area contributed by atoms with E-state index in [0.29, 0.717) is 17.9 Å². The van der Waals surface area contributed by atoms with Crippen molar-refractivity contribution in [1.29, 1.82) is 0 Å². The first-order valence-electron chi connectivity index (χ1n) is 8.76. The van der Waals surface area contributed by atoms with Crippen molar-refractivity contribution in [2.75, 3.05) is 18.0 Å². The Morgan fingerprint density at radius 2 is 1.88 bits per heavy atom. The maximum atomic E-state index is 13.3. The molecule has 0 radical (unpaired) electrons. The molecule has 26 heavy (non-hydrogen) atoms. The lowest BCUT2D eigenvalue weighted by Gasteiger charge is -2.16. The average molecular weight is 353 g/mol. The SMILES string of the molecule is CC(=O)NCc1c(-c2ccc(F)cc2)nc2ccc(N3CCCC3)nn12. The second kappa shape index (κ2) is 6.74. The summed E-state index contributed by atoms with van der Waals surface area (Å²) in [5.74, 6) is 0.484. The molecule has 0 bridgehead atoms. The zero-order chi connectivity index (χ0) is 18.1. The van der Waals surface area contributed by atoms with E-state index < -0.39 is 0 Å². The number of carbonyl (C=O) groups excluding carboxylic acids is 1. The minimum atomic E-state index is -0.296. The fourth-order valence-corrected chi connectivity index (χ4v) is 3.29. The van der Waals surface area contributed by atoms with Crippen LogP contribution in [-0.4, -0.2) is 33.6 Å². The molecule has 1 fully saturated rings. The summed E-state index contributed by atoms with van der Waals surface area (Å²) in [6, 6.07) is 10.1. The van der Waals surface area contributed by atoms with Crippen molar-refractivity contribution in [3.05, 3.63) is 47.9 Å². The molecule has 7 heteroatoms. The van der Waals surface area contributed by atoms with Crippen LogP contribution in [0.15, 0.2) is 36.4 Å². The quantitative estimate of drug-likeness (QED) is 0.783. The van der Waals surface area contributed by atoms with Crippen LogP contribution < -0.4 is 10.2 Å². The van der Waals surface area contributed by atoms with Crippen LogP contribution in [0.25, 0.3) is 16.9 Å². The third-order valence-corrected chi connectivity index (χ3v) is 4.61. The second-order valence-electron chi connectivity index (χ2n) is 6.48. The Kier molecular flexibility index (Phi) is 4.28. The van der Waals surface area contributed by atoms with E-state index in [1.54, 1.807) is 16.6 Å². The number of nitrogens with one attached hydrogen (secondary N) is 1. The van der Waals surface area contributed by atoms with Gasteiger partial charge in [0.05, 0.1) is 17.9 Å². The summed E-state index contributed by atoms with van der Waals surface area (Å²) in [6.07, 6.45) is 2.34. The normalized spacial score (nSPS) is 14.2. The maximum Gasteiger partial charge on any atom is 0.217 e. The molecule has 3 aromatic rings. The zero-order valence-corrected chi connectivity index (χ0v) is 14.6. The number of fused-ring (bicyclic) bond motifs is 1. The van der Waals surface area contributed by atoms with E-state index in [4.69, 9.17) is 5.10 Å². The molecular weight excluding hydrogens is 333 g/mol. The Labute approximate surface area is 150 Å². The van der Waals surface area contributed by atoms with Gasteiger partial charge in [0.25, 0.3) is 0 Å². The van der Waals surface area contributed by atoms with Gasteiger partial charge in [0.1, 0.15) is 11.6 Å². The Morgan fingerprint density at radius 1 is 1.15 bits per heavy atom. The molecule has 134 valence electrons. The summed E-state index contributed by atoms with van der Waals surface area (Å²) in [5, 5.41) is 7.58. The van der Waals surface area contributed by atoms with E-state index in [0.717, 1.165) is 30.2 Å². The van der Waals surface area contributed by atoms with Crippen molar-refractivity contribution in [3.8, 4) is 11.3 Å². The molecule has 6 nitrogen and oxygen atoms in total. The lowest BCUT2D eigenvalue weighted by atomic mass is 10.1. The highest BCUT2D eigenvalue weighted by atomic mass is 19.1. The smallest absolute Gasteiger partial charge is 0.217 e. The summed E-state index contributed by atoms with van der Waals surface area (Å²) in [4.78, 5) is 18.3. The highest BCUT2D eigenvalue weighted by molar-refractivity contribution is 5.73. The minimum Gasteiger partial charge on any atom is -0.355 e. The van der Waals surface area contributed by atoms with E-state index >= 15 is 0 Å². The number of carbonyl (C=O) groups is 1. The van der Waals surface area contributed by atoms with Gasteiger partial charge in [-0.15, -0.1) is 5.10 Å². The van der Waals surface area contributed by atoms with Gasteiger partial charge in [-0.3, -0.25) is 4.79 Å². The van der Waals surface area contributed by atoms with Crippen molar-refractivity contribution >= 4 is 17.4 Å². The highest BCUT2D eigenvalue weighted by Crippen LogP contribution is 2.26. The van der Waals surface area contributed by atoms with Crippen LogP contribution in [0.2, 0.25) is 0 Å². The molecular formula is C19H20FN5O. The summed E-state index contributed by atoms with van der Waals surface area (Å²) in [5.41, 5.74) is 2.97. The predicted octanol–water partition coefficient (Wildman–Crippen LogP) is 2.77. The number of nitrogens with zero attached hydrogens (tertiary/aromatic N) is 4. The molecule has 2 aromatic heterocycles. The van der Waals surface area contributed by atoms with Crippen molar-refractivity contribution in [2.45, 2.75) is 26.3 Å². The lowest BCUT2D eigenvalue weighted by Crippen LogP contribution is -2.22. The Balaban J connectivity index is 1.82. The van der Waals surface area contributed by atoms with Gasteiger partial charge in [-0.05, 0) is 49.2 Å². The standard InChI is InChI=1S/C19H20FN5O/c1-13(26)21-12-16-19(14-4-6-15(20)7-5-14)22-17-8-9-18(23-25(16)17)24-10-2-3-11-24/h4-9H,2-3,10-12H2,1H3,(H,21,26). The Bertz CT molecular complexity index is 944. The number of benzene rings is 1. The minimum absolute atomic E-state index is 0.124. The van der Waals surface area contributed by atoms with Gasteiger partial charge in [0.2, 0.25) is 5.91 Å². The molecule has 1 N–H and O–H groups in total. The van der Waals surface area contributed by atoms with Crippen LogP contribution in [0.1, 0.15) is 25.5 Å². The maximum absolute atomic E-state index is 13.3. The van der Waals surface area contributed by atoms with Crippen LogP contribution in [0, 0.1) is 5.82 Å². The molecule has 0 unspecified atom stereocenters. The fourth-order valence-electron chi connectivity index (χ4n) is 3.29. The van der Waals surface area contributed by atoms with E-state index in [2.05, 4.69) is 15.2 Å². The van der Waals surface area contributed by atoms with Crippen LogP contribution in [0.5, 0.6) is 0 Å². The first-order valence-corrected chi connectivity index (χ1v) is 8.76. The molecule has 0 atom stereocenters. The molecule has 1 amide bonds. The van der Waals surface area contributed by atoms with Crippen molar-refractivity contribution in [3.63, 3.8) is 0 Å². The molecule has 1 aliphatic rings. The zero-order valence-electron chi connectivity index (χ0n) is 14.6. The number of anilines is 1. The van der Waals surface area contributed by atoms with E-state index in [-0.39, 0.29) is 11.7 Å². The van der Waals surface area contributed by atoms with Gasteiger partial charge in [0.15, 0.2) is 5.65 Å². The number of amides is 1. The number of halogens is 1. The van der Waals surface area contributed by atoms with Crippen LogP contribution in [-0.2, 0) is 11.3 Å². The van der Waals surface area contributed by atoms with Gasteiger partial charge < -0.3 is 10.2 Å². The monoisotopic (exact) mass is 353 g/mol. The average Bonchev–Trinajstić information content (AvgIpc) is 3.28. The molecule has 1 saturated heterocycles. The van der Waals surface area contributed by atoms with Crippen molar-refractivity contribution < 1.29 is 9.18 Å². The molecule has 0 saturated carbocycles. The van der Waals surface area contributed by atoms with E-state index in [9.17, 15) is 9.18 Å². The van der Waals surface area contributed by atoms with Gasteiger partial charge in [-0.1, -0.05) is 0 Å². The summed E-state index contributed by atoms with van der Waals surface area (Å²) < 4.78 is 15.1. The van der Waals surface area contributed by atoms with Gasteiger partial charge in [0, 0.05) is 25.6 Å². The van der Waals surface area contributed by atoms with Crippen molar-refractivity contribution in [2.24, 2.45) is 0 Å². The van der Waals surface area contributed by atoms with E-state index in [1.165, 1.54) is 31.9 Å². The molecule has 4 rings (SSSR count). The highest BCUT2D eigenvalue weighted by Gasteiger charge is 2.19. The lowest BCUT2D eigenvalue weighted by molar-refractivity contribution is -0.119. The van der Waals surface area contributed by atoms with Crippen LogP contribution in [0.3, 0.4) is 0 Å². The molecule has 1 aliphatic heterocycles. The molecule has 0 aliphatic carbocycles. The van der Waals surface area contributed by atoms with Gasteiger partial charge >= 0.3 is 0 Å². The number of hydrogen-bond donors (Lipinski definition) is 1. The first kappa shape index (κ1) is 16.5. The largest absolute Gasteiger partial charge is 0.355 e.